The van der Waals surface area contributed by atoms with Gasteiger partial charge >= 0.3 is 0 Å². The van der Waals surface area contributed by atoms with E-state index >= 15 is 0 Å². The van der Waals surface area contributed by atoms with Crippen molar-refractivity contribution in [2.24, 2.45) is 0 Å². The average molecular weight is 315 g/mol. The normalized spacial score (nSPS) is 24.1. The van der Waals surface area contributed by atoms with Crippen molar-refractivity contribution in [3.63, 3.8) is 0 Å². The van der Waals surface area contributed by atoms with Crippen molar-refractivity contribution >= 4 is 15.9 Å². The lowest BCUT2D eigenvalue weighted by molar-refractivity contribution is -0.0201. The summed E-state index contributed by atoms with van der Waals surface area (Å²) in [6.07, 6.45) is 3.46. The van der Waals surface area contributed by atoms with Gasteiger partial charge in [-0.05, 0) is 56.7 Å². The second-order valence-corrected chi connectivity index (χ2v) is 6.33. The van der Waals surface area contributed by atoms with Crippen LogP contribution in [0, 0.1) is 5.82 Å². The Morgan fingerprint density at radius 3 is 2.83 bits per heavy atom. The molecule has 1 aliphatic heterocycles. The predicted octanol–water partition coefficient (Wildman–Crippen LogP) is 4.65. The van der Waals surface area contributed by atoms with Gasteiger partial charge in [-0.1, -0.05) is 28.1 Å². The summed E-state index contributed by atoms with van der Waals surface area (Å²) in [5.74, 6) is 0.158. The Labute approximate surface area is 117 Å². The van der Waals surface area contributed by atoms with E-state index in [1.807, 2.05) is 6.07 Å². The molecule has 0 aromatic heterocycles. The summed E-state index contributed by atoms with van der Waals surface area (Å²) in [4.78, 5) is 0. The number of rotatable bonds is 4. The van der Waals surface area contributed by atoms with Crippen LogP contribution in [0.15, 0.2) is 24.3 Å². The molecule has 1 heterocycles. The summed E-state index contributed by atoms with van der Waals surface area (Å²) in [5, 5.41) is 0.844. The van der Waals surface area contributed by atoms with Crippen LogP contribution in [0.5, 0.6) is 0 Å². The van der Waals surface area contributed by atoms with Gasteiger partial charge in [0, 0.05) is 5.33 Å². The van der Waals surface area contributed by atoms with Crippen molar-refractivity contribution in [3.05, 3.63) is 35.6 Å². The molecule has 1 fully saturated rings. The predicted molar refractivity (Wildman–Crippen MR) is 75.7 cm³/mol. The first-order valence-corrected chi connectivity index (χ1v) is 7.61. The third-order valence-corrected chi connectivity index (χ3v) is 4.39. The van der Waals surface area contributed by atoms with Crippen molar-refractivity contribution in [1.82, 2.24) is 0 Å². The van der Waals surface area contributed by atoms with Crippen LogP contribution in [0.4, 0.5) is 4.39 Å². The lowest BCUT2D eigenvalue weighted by Gasteiger charge is -2.22. The fourth-order valence-electron chi connectivity index (χ4n) is 2.61. The molecule has 0 amide bonds. The lowest BCUT2D eigenvalue weighted by atomic mass is 9.93. The quantitative estimate of drug-likeness (QED) is 0.735. The molecule has 0 saturated carbocycles. The van der Waals surface area contributed by atoms with Gasteiger partial charge in [-0.25, -0.2) is 4.39 Å². The summed E-state index contributed by atoms with van der Waals surface area (Å²) in [6.45, 7) is 4.27. The number of halogens is 2. The molecule has 0 aliphatic carbocycles. The van der Waals surface area contributed by atoms with Gasteiger partial charge < -0.3 is 4.74 Å². The molecular weight excluding hydrogens is 295 g/mol. The number of benzene rings is 1. The van der Waals surface area contributed by atoms with Crippen molar-refractivity contribution in [2.75, 3.05) is 5.33 Å². The molecule has 1 aromatic carbocycles. The molecule has 3 heteroatoms. The van der Waals surface area contributed by atoms with E-state index in [0.717, 1.165) is 30.2 Å². The fourth-order valence-corrected chi connectivity index (χ4v) is 3.25. The summed E-state index contributed by atoms with van der Waals surface area (Å²) < 4.78 is 19.3. The molecule has 1 aromatic rings. The molecule has 1 saturated heterocycles. The molecule has 100 valence electrons. The van der Waals surface area contributed by atoms with E-state index in [-0.39, 0.29) is 11.4 Å². The van der Waals surface area contributed by atoms with Gasteiger partial charge in [-0.3, -0.25) is 0 Å². The highest BCUT2D eigenvalue weighted by atomic mass is 79.9. The van der Waals surface area contributed by atoms with E-state index in [4.69, 9.17) is 4.74 Å². The van der Waals surface area contributed by atoms with E-state index in [2.05, 4.69) is 29.8 Å². The number of hydrogen-bond acceptors (Lipinski definition) is 1. The largest absolute Gasteiger partial charge is 0.372 e. The number of hydrogen-bond donors (Lipinski definition) is 0. The van der Waals surface area contributed by atoms with Gasteiger partial charge in [0.2, 0.25) is 0 Å². The molecule has 0 bridgehead atoms. The Bertz CT molecular complexity index is 405. The molecule has 2 unspecified atom stereocenters. The first kappa shape index (κ1) is 14.0. The topological polar surface area (TPSA) is 9.23 Å². The maximum Gasteiger partial charge on any atom is 0.123 e. The summed E-state index contributed by atoms with van der Waals surface area (Å²) >= 11 is 3.53. The molecule has 1 aliphatic rings. The van der Waals surface area contributed by atoms with Crippen LogP contribution in [0.25, 0.3) is 0 Å². The Morgan fingerprint density at radius 1 is 1.50 bits per heavy atom. The Hall–Kier alpha value is -0.410. The Kier molecular flexibility index (Phi) is 4.44. The monoisotopic (exact) mass is 314 g/mol. The summed E-state index contributed by atoms with van der Waals surface area (Å²) in [5.41, 5.74) is 1.06. The second-order valence-electron chi connectivity index (χ2n) is 5.68. The highest BCUT2D eigenvalue weighted by molar-refractivity contribution is 9.09. The van der Waals surface area contributed by atoms with Crippen molar-refractivity contribution in [2.45, 2.75) is 50.7 Å². The molecule has 0 spiro atoms. The van der Waals surface area contributed by atoms with Crippen LogP contribution >= 0.6 is 15.9 Å². The Morgan fingerprint density at radius 2 is 2.28 bits per heavy atom. The third-order valence-electron chi connectivity index (χ3n) is 3.61. The SMILES string of the molecule is CC1(C)CCC(CC(CBr)c2cccc(F)c2)O1. The molecule has 1 nitrogen and oxygen atoms in total. The van der Waals surface area contributed by atoms with Crippen LogP contribution in [0.1, 0.15) is 44.6 Å². The number of ether oxygens (including phenoxy) is 1. The van der Waals surface area contributed by atoms with E-state index in [1.165, 1.54) is 6.07 Å². The average Bonchev–Trinajstić information content (AvgIpc) is 2.65. The minimum Gasteiger partial charge on any atom is -0.372 e. The smallest absolute Gasteiger partial charge is 0.123 e. The first-order valence-electron chi connectivity index (χ1n) is 6.49. The summed E-state index contributed by atoms with van der Waals surface area (Å²) in [7, 11) is 0. The van der Waals surface area contributed by atoms with Gasteiger partial charge in [0.1, 0.15) is 5.82 Å². The van der Waals surface area contributed by atoms with Crippen LogP contribution < -0.4 is 0 Å². The van der Waals surface area contributed by atoms with Crippen molar-refractivity contribution in [1.29, 1.82) is 0 Å². The van der Waals surface area contributed by atoms with E-state index < -0.39 is 0 Å². The van der Waals surface area contributed by atoms with Crippen LogP contribution in [-0.4, -0.2) is 17.0 Å². The molecule has 2 atom stereocenters. The van der Waals surface area contributed by atoms with Gasteiger partial charge in [0.25, 0.3) is 0 Å². The van der Waals surface area contributed by atoms with E-state index in [0.29, 0.717) is 12.0 Å². The maximum atomic E-state index is 13.3. The minimum atomic E-state index is -0.161. The number of alkyl halides is 1. The lowest BCUT2D eigenvalue weighted by Crippen LogP contribution is -2.21. The first-order chi connectivity index (χ1) is 8.50. The summed E-state index contributed by atoms with van der Waals surface area (Å²) in [6, 6.07) is 6.89. The highest BCUT2D eigenvalue weighted by Crippen LogP contribution is 2.35. The van der Waals surface area contributed by atoms with Crippen LogP contribution in [0.3, 0.4) is 0 Å². The zero-order chi connectivity index (χ0) is 13.2. The van der Waals surface area contributed by atoms with E-state index in [1.54, 1.807) is 12.1 Å². The zero-order valence-electron chi connectivity index (χ0n) is 11.0. The molecule has 0 radical (unpaired) electrons. The molecule has 0 N–H and O–H groups in total. The van der Waals surface area contributed by atoms with Crippen molar-refractivity contribution < 1.29 is 9.13 Å². The Balaban J connectivity index is 2.02. The minimum absolute atomic E-state index is 0.00344. The maximum absolute atomic E-state index is 13.3. The van der Waals surface area contributed by atoms with Crippen molar-refractivity contribution in [3.8, 4) is 0 Å². The van der Waals surface area contributed by atoms with Crippen LogP contribution in [0.2, 0.25) is 0 Å². The second kappa shape index (κ2) is 5.70. The zero-order valence-corrected chi connectivity index (χ0v) is 12.5. The van der Waals surface area contributed by atoms with Crippen LogP contribution in [-0.2, 0) is 4.74 Å². The standard InChI is InChI=1S/C15H20BrFO/c1-15(2)7-6-14(18-15)9-12(10-16)11-4-3-5-13(17)8-11/h3-5,8,12,14H,6-7,9-10H2,1-2H3. The van der Waals surface area contributed by atoms with E-state index in [9.17, 15) is 4.39 Å². The van der Waals surface area contributed by atoms with Gasteiger partial charge in [-0.15, -0.1) is 0 Å². The highest BCUT2D eigenvalue weighted by Gasteiger charge is 2.33. The van der Waals surface area contributed by atoms with Gasteiger partial charge in [-0.2, -0.15) is 0 Å². The third kappa shape index (κ3) is 3.55. The molecule has 2 rings (SSSR count). The van der Waals surface area contributed by atoms with Gasteiger partial charge in [0.15, 0.2) is 0 Å². The molecular formula is C15H20BrFO. The fraction of sp³-hybridized carbons (Fsp3) is 0.600. The van der Waals surface area contributed by atoms with Gasteiger partial charge in [0.05, 0.1) is 11.7 Å². The molecule has 18 heavy (non-hydrogen) atoms.